The third-order valence-electron chi connectivity index (χ3n) is 15.6. The zero-order valence-electron chi connectivity index (χ0n) is 52.1. The van der Waals surface area contributed by atoms with Gasteiger partial charge in [-0.15, -0.1) is 0 Å². The van der Waals surface area contributed by atoms with Crippen LogP contribution in [0, 0.1) is 35.5 Å². The molecule has 0 saturated carbocycles. The molecule has 0 spiro atoms. The van der Waals surface area contributed by atoms with Crippen molar-refractivity contribution in [3.05, 3.63) is 173 Å². The molecule has 0 aliphatic rings. The Balaban J connectivity index is 1.54. The molecule has 0 atom stereocenters. The van der Waals surface area contributed by atoms with Crippen molar-refractivity contribution in [3.63, 3.8) is 0 Å². The van der Waals surface area contributed by atoms with Crippen LogP contribution >= 0.6 is 0 Å². The van der Waals surface area contributed by atoms with Gasteiger partial charge in [-0.1, -0.05) is 158 Å². The molecular formula is C74H101N7. The molecule has 7 nitrogen and oxygen atoms in total. The second-order valence-electron chi connectivity index (χ2n) is 25.8. The first-order valence-corrected chi connectivity index (χ1v) is 31.6. The van der Waals surface area contributed by atoms with Gasteiger partial charge in [-0.05, 0) is 219 Å². The van der Waals surface area contributed by atoms with Crippen molar-refractivity contribution < 1.29 is 0 Å². The summed E-state index contributed by atoms with van der Waals surface area (Å²) in [5.74, 6) is 8.00. The minimum atomic E-state index is 0.643. The average Bonchev–Trinajstić information content (AvgIpc) is 3.61. The lowest BCUT2D eigenvalue weighted by molar-refractivity contribution is 0.555. The van der Waals surface area contributed by atoms with Crippen molar-refractivity contribution in [1.82, 2.24) is 19.9 Å². The lowest BCUT2D eigenvalue weighted by Crippen LogP contribution is -2.20. The normalized spacial score (nSPS) is 11.8. The Hall–Kier alpha value is -6.34. The summed E-state index contributed by atoms with van der Waals surface area (Å²) in [4.78, 5) is 28.8. The highest BCUT2D eigenvalue weighted by Crippen LogP contribution is 2.44. The average molecular weight is 1090 g/mol. The van der Waals surface area contributed by atoms with Gasteiger partial charge >= 0.3 is 0 Å². The second-order valence-corrected chi connectivity index (χ2v) is 25.8. The number of nitrogens with zero attached hydrogens (tertiary/aromatic N) is 7. The number of hydrogen-bond acceptors (Lipinski definition) is 7. The summed E-state index contributed by atoms with van der Waals surface area (Å²) in [6.45, 7) is 27.9. The number of hydrogen-bond donors (Lipinski definition) is 0. The van der Waals surface area contributed by atoms with Gasteiger partial charge in [0.25, 0.3) is 0 Å². The zero-order valence-corrected chi connectivity index (χ0v) is 52.1. The Labute approximate surface area is 491 Å². The summed E-state index contributed by atoms with van der Waals surface area (Å²) in [7, 11) is 0. The molecule has 432 valence electrons. The summed E-state index contributed by atoms with van der Waals surface area (Å²) in [5, 5.41) is 0. The molecule has 0 bridgehead atoms. The van der Waals surface area contributed by atoms with E-state index in [2.05, 4.69) is 219 Å². The van der Waals surface area contributed by atoms with Gasteiger partial charge in [-0.25, -0.2) is 19.9 Å². The van der Waals surface area contributed by atoms with Gasteiger partial charge < -0.3 is 0 Å². The van der Waals surface area contributed by atoms with E-state index in [-0.39, 0.29) is 0 Å². The van der Waals surface area contributed by atoms with Crippen molar-refractivity contribution >= 4 is 51.8 Å². The van der Waals surface area contributed by atoms with Crippen LogP contribution in [-0.2, 0) is 38.5 Å². The summed E-state index contributed by atoms with van der Waals surface area (Å²) < 4.78 is 0. The van der Waals surface area contributed by atoms with E-state index < -0.39 is 0 Å². The lowest BCUT2D eigenvalue weighted by Gasteiger charge is -2.31. The minimum Gasteiger partial charge on any atom is -0.295 e. The topological polar surface area (TPSA) is 61.3 Å². The predicted molar refractivity (Wildman–Crippen MR) is 348 cm³/mol. The predicted octanol–water partition coefficient (Wildman–Crippen LogP) is 21.5. The molecule has 0 N–H and O–H groups in total. The number of aromatic nitrogens is 4. The van der Waals surface area contributed by atoms with Gasteiger partial charge in [0.1, 0.15) is 29.1 Å². The Morgan fingerprint density at radius 1 is 0.272 bits per heavy atom. The monoisotopic (exact) mass is 1090 g/mol. The first-order chi connectivity index (χ1) is 39.1. The van der Waals surface area contributed by atoms with E-state index in [0.717, 1.165) is 129 Å². The van der Waals surface area contributed by atoms with Crippen molar-refractivity contribution in [2.45, 2.75) is 199 Å². The molecular weight excluding hydrogens is 987 g/mol. The second kappa shape index (κ2) is 31.8. The molecule has 0 unspecified atom stereocenters. The van der Waals surface area contributed by atoms with Gasteiger partial charge in [0.15, 0.2) is 0 Å². The van der Waals surface area contributed by atoms with Crippen molar-refractivity contribution in [2.24, 2.45) is 35.5 Å². The summed E-state index contributed by atoms with van der Waals surface area (Å²) in [5.41, 5.74) is 11.9. The first kappa shape index (κ1) is 62.3. The maximum atomic E-state index is 5.94. The minimum absolute atomic E-state index is 0.643. The number of pyridine rings is 4. The Morgan fingerprint density at radius 2 is 0.531 bits per heavy atom. The van der Waals surface area contributed by atoms with Gasteiger partial charge in [0, 0.05) is 47.8 Å². The van der Waals surface area contributed by atoms with Crippen LogP contribution in [0.5, 0.6) is 0 Å². The van der Waals surface area contributed by atoms with Gasteiger partial charge in [0.05, 0.1) is 5.69 Å². The molecule has 0 aliphatic carbocycles. The smallest absolute Gasteiger partial charge is 0.143 e. The SMILES string of the molecule is CC(C)CCCc1cccc(N(c2cc(N(c3cccc(CCCC(C)C)c3)c3cc(CCCC(C)C)ccn3)nc(N(c3cccc(CCCC(C)C)c3)c3cc(CCCC(C)C)ccn3)c2)c2cc(CCCC(C)C)ccn2)c1. The highest BCUT2D eigenvalue weighted by Gasteiger charge is 2.26. The molecule has 81 heavy (non-hydrogen) atoms. The Kier molecular flexibility index (Phi) is 24.4. The zero-order chi connectivity index (χ0) is 57.7. The van der Waals surface area contributed by atoms with Crippen LogP contribution in [0.3, 0.4) is 0 Å². The quantitative estimate of drug-likeness (QED) is 0.0406. The molecule has 0 aliphatic heterocycles. The van der Waals surface area contributed by atoms with E-state index in [1.165, 1.54) is 71.9 Å². The van der Waals surface area contributed by atoms with Crippen molar-refractivity contribution in [2.75, 3.05) is 14.7 Å². The van der Waals surface area contributed by atoms with Crippen LogP contribution in [0.25, 0.3) is 0 Å². The van der Waals surface area contributed by atoms with E-state index in [9.17, 15) is 0 Å². The summed E-state index contributed by atoms with van der Waals surface area (Å²) in [6, 6.07) is 45.6. The van der Waals surface area contributed by atoms with Crippen LogP contribution in [0.2, 0.25) is 0 Å². The maximum Gasteiger partial charge on any atom is 0.143 e. The molecule has 4 heterocycles. The Morgan fingerprint density at radius 3 is 0.815 bits per heavy atom. The number of aryl methyl sites for hydroxylation is 6. The van der Waals surface area contributed by atoms with Gasteiger partial charge in [-0.3, -0.25) is 14.7 Å². The fraction of sp³-hybridized carbons (Fsp3) is 0.486. The molecule has 0 amide bonds. The van der Waals surface area contributed by atoms with E-state index in [0.29, 0.717) is 35.5 Å². The third kappa shape index (κ3) is 20.0. The van der Waals surface area contributed by atoms with Crippen LogP contribution in [0.15, 0.2) is 140 Å². The summed E-state index contributed by atoms with van der Waals surface area (Å²) >= 11 is 0. The fourth-order valence-electron chi connectivity index (χ4n) is 11.1. The highest BCUT2D eigenvalue weighted by molar-refractivity contribution is 5.85. The summed E-state index contributed by atoms with van der Waals surface area (Å²) in [6.07, 6.45) is 25.8. The first-order valence-electron chi connectivity index (χ1n) is 31.6. The van der Waals surface area contributed by atoms with Crippen molar-refractivity contribution in [1.29, 1.82) is 0 Å². The van der Waals surface area contributed by atoms with E-state index in [1.807, 2.05) is 18.6 Å². The van der Waals surface area contributed by atoms with E-state index >= 15 is 0 Å². The molecule has 4 aromatic heterocycles. The fourth-order valence-corrected chi connectivity index (χ4v) is 11.1. The molecule has 0 saturated heterocycles. The highest BCUT2D eigenvalue weighted by atomic mass is 15.3. The van der Waals surface area contributed by atoms with Crippen LogP contribution in [0.1, 0.15) is 194 Å². The largest absolute Gasteiger partial charge is 0.295 e. The number of benzene rings is 3. The maximum absolute atomic E-state index is 5.94. The molecule has 0 fully saturated rings. The molecule has 3 aromatic carbocycles. The lowest BCUT2D eigenvalue weighted by atomic mass is 10.0. The molecule has 7 aromatic rings. The van der Waals surface area contributed by atoms with E-state index in [4.69, 9.17) is 19.9 Å². The van der Waals surface area contributed by atoms with Gasteiger partial charge in [0.2, 0.25) is 0 Å². The third-order valence-corrected chi connectivity index (χ3v) is 15.6. The van der Waals surface area contributed by atoms with Crippen LogP contribution < -0.4 is 14.7 Å². The molecule has 0 radical (unpaired) electrons. The van der Waals surface area contributed by atoms with Crippen molar-refractivity contribution in [3.8, 4) is 0 Å². The number of rotatable bonds is 33. The molecule has 7 heteroatoms. The van der Waals surface area contributed by atoms with Crippen LogP contribution in [0.4, 0.5) is 51.8 Å². The standard InChI is InChI=1S/C74H101N7/c1-54(2)22-13-28-60-34-19-37-66(46-60)79(70-49-63(40-43-75-70)31-16-25-57(7)8)69-52-73(80(67-38-20-35-61(47-67)29-14-23-55(3)4)71-50-64(41-44-76-71)32-17-26-58(9)10)78-74(53-69)81(68-39-21-36-62(48-68)30-15-24-56(5)6)72-51-65(42-45-77-72)33-18-27-59(11)12/h19-21,34-59H,13-18,22-33H2,1-12H3. The van der Waals surface area contributed by atoms with Gasteiger partial charge in [-0.2, -0.15) is 0 Å². The molecule has 7 rings (SSSR count). The van der Waals surface area contributed by atoms with E-state index in [1.54, 1.807) is 0 Å². The number of anilines is 9. The Bertz CT molecular complexity index is 2470. The van der Waals surface area contributed by atoms with Crippen LogP contribution in [-0.4, -0.2) is 19.9 Å².